The quantitative estimate of drug-likeness (QED) is 0.690. The number of halogens is 6. The maximum Gasteiger partial charge on any atom is 0.455 e. The maximum atomic E-state index is 13.8. The highest BCUT2D eigenvalue weighted by Gasteiger charge is 2.62. The molecule has 0 aliphatic heterocycles. The molecule has 1 rings (SSSR count). The summed E-state index contributed by atoms with van der Waals surface area (Å²) in [5.41, 5.74) is 0.952. The van der Waals surface area contributed by atoms with Crippen molar-refractivity contribution in [2.24, 2.45) is 0 Å². The summed E-state index contributed by atoms with van der Waals surface area (Å²) < 4.78 is 66.4. The lowest BCUT2D eigenvalue weighted by molar-refractivity contribution is -0.294. The van der Waals surface area contributed by atoms with Gasteiger partial charge in [-0.1, -0.05) is 28.9 Å². The van der Waals surface area contributed by atoms with Gasteiger partial charge in [-0.3, -0.25) is 0 Å². The molecule has 0 radical (unpaired) electrons. The van der Waals surface area contributed by atoms with Crippen LogP contribution in [0.1, 0.15) is 36.1 Å². The second kappa shape index (κ2) is 6.60. The van der Waals surface area contributed by atoms with Gasteiger partial charge in [0.2, 0.25) is 0 Å². The van der Waals surface area contributed by atoms with Gasteiger partial charge in [-0.15, -0.1) is 0 Å². The van der Waals surface area contributed by atoms with E-state index in [4.69, 9.17) is 0 Å². The Hall–Kier alpha value is -0.690. The van der Waals surface area contributed by atoms with Crippen LogP contribution in [0.15, 0.2) is 16.6 Å². The van der Waals surface area contributed by atoms with Crippen LogP contribution in [0.5, 0.6) is 0 Å². The van der Waals surface area contributed by atoms with E-state index in [1.54, 1.807) is 19.9 Å². The normalized spacial score (nSPS) is 14.3. The van der Waals surface area contributed by atoms with Crippen LogP contribution in [0.25, 0.3) is 0 Å². The Bertz CT molecular complexity index is 499. The smallest absolute Gasteiger partial charge is 0.305 e. The lowest BCUT2D eigenvalue weighted by Gasteiger charge is -2.31. The number of hydrogen-bond donors (Lipinski definition) is 1. The average Bonchev–Trinajstić information content (AvgIpc) is 2.34. The van der Waals surface area contributed by atoms with Gasteiger partial charge in [0, 0.05) is 4.47 Å². The molecule has 7 heteroatoms. The molecular formula is C14H17BrF5N. The first-order valence-electron chi connectivity index (χ1n) is 6.47. The van der Waals surface area contributed by atoms with E-state index >= 15 is 0 Å². The van der Waals surface area contributed by atoms with E-state index < -0.39 is 18.1 Å². The minimum Gasteiger partial charge on any atom is -0.305 e. The summed E-state index contributed by atoms with van der Waals surface area (Å²) in [6, 6.07) is 0.827. The van der Waals surface area contributed by atoms with Gasteiger partial charge in [-0.05, 0) is 49.6 Å². The van der Waals surface area contributed by atoms with Crippen molar-refractivity contribution in [2.75, 3.05) is 6.54 Å². The molecule has 0 saturated carbocycles. The minimum absolute atomic E-state index is 0.0357. The van der Waals surface area contributed by atoms with Crippen molar-refractivity contribution in [1.82, 2.24) is 5.32 Å². The predicted octanol–water partition coefficient (Wildman–Crippen LogP) is 5.30. The first-order chi connectivity index (χ1) is 9.52. The Morgan fingerprint density at radius 3 is 2.14 bits per heavy atom. The third kappa shape index (κ3) is 3.94. The molecule has 1 aromatic rings. The second-order valence-corrected chi connectivity index (χ2v) is 5.82. The molecule has 1 N–H and O–H groups in total. The molecule has 0 aromatic heterocycles. The molecule has 0 bridgehead atoms. The van der Waals surface area contributed by atoms with Gasteiger partial charge in [0.15, 0.2) is 0 Å². The molecule has 0 amide bonds. The van der Waals surface area contributed by atoms with Gasteiger partial charge in [-0.2, -0.15) is 22.0 Å². The van der Waals surface area contributed by atoms with Crippen molar-refractivity contribution < 1.29 is 22.0 Å². The summed E-state index contributed by atoms with van der Waals surface area (Å²) >= 11 is 3.24. The van der Waals surface area contributed by atoms with Crippen molar-refractivity contribution in [1.29, 1.82) is 0 Å². The summed E-state index contributed by atoms with van der Waals surface area (Å²) in [7, 11) is 0. The summed E-state index contributed by atoms with van der Waals surface area (Å²) in [4.78, 5) is 0. The van der Waals surface area contributed by atoms with Crippen molar-refractivity contribution >= 4 is 15.9 Å². The van der Waals surface area contributed by atoms with E-state index in [9.17, 15) is 22.0 Å². The van der Waals surface area contributed by atoms with Crippen LogP contribution >= 0.6 is 15.9 Å². The van der Waals surface area contributed by atoms with E-state index in [2.05, 4.69) is 21.2 Å². The van der Waals surface area contributed by atoms with Crippen LogP contribution in [0.3, 0.4) is 0 Å². The van der Waals surface area contributed by atoms with Crippen molar-refractivity contribution in [3.63, 3.8) is 0 Å². The third-order valence-electron chi connectivity index (χ3n) is 3.20. The highest BCUT2D eigenvalue weighted by atomic mass is 79.9. The zero-order valence-corrected chi connectivity index (χ0v) is 13.5. The van der Waals surface area contributed by atoms with Gasteiger partial charge in [-0.25, -0.2) is 0 Å². The zero-order valence-electron chi connectivity index (χ0n) is 11.9. The summed E-state index contributed by atoms with van der Waals surface area (Å²) in [5, 5.41) is 2.33. The Morgan fingerprint density at radius 2 is 1.67 bits per heavy atom. The zero-order chi connectivity index (χ0) is 16.4. The van der Waals surface area contributed by atoms with Crippen LogP contribution in [0.4, 0.5) is 22.0 Å². The maximum absolute atomic E-state index is 13.8. The Balaban J connectivity index is 3.36. The highest BCUT2D eigenvalue weighted by molar-refractivity contribution is 9.10. The SMILES string of the molecule is CCCNC(c1cc(C)c(Br)cc1C)C(F)(F)C(F)(F)F. The summed E-state index contributed by atoms with van der Waals surface area (Å²) in [5.74, 6) is -4.84. The molecule has 0 fully saturated rings. The molecule has 21 heavy (non-hydrogen) atoms. The number of alkyl halides is 5. The van der Waals surface area contributed by atoms with E-state index in [1.807, 2.05) is 0 Å². The summed E-state index contributed by atoms with van der Waals surface area (Å²) in [6.07, 6.45) is -5.15. The largest absolute Gasteiger partial charge is 0.455 e. The van der Waals surface area contributed by atoms with Gasteiger partial charge in [0.05, 0.1) is 0 Å². The van der Waals surface area contributed by atoms with Gasteiger partial charge in [0.1, 0.15) is 6.04 Å². The van der Waals surface area contributed by atoms with Crippen LogP contribution in [-0.2, 0) is 0 Å². The predicted molar refractivity (Wildman–Crippen MR) is 75.7 cm³/mol. The number of rotatable bonds is 5. The molecule has 0 heterocycles. The lowest BCUT2D eigenvalue weighted by Crippen LogP contribution is -2.48. The fourth-order valence-electron chi connectivity index (χ4n) is 2.00. The molecule has 0 saturated heterocycles. The van der Waals surface area contributed by atoms with Crippen LogP contribution in [-0.4, -0.2) is 18.6 Å². The van der Waals surface area contributed by atoms with Crippen LogP contribution < -0.4 is 5.32 Å². The molecule has 1 aromatic carbocycles. The molecule has 0 aliphatic rings. The minimum atomic E-state index is -5.61. The molecule has 120 valence electrons. The molecular weight excluding hydrogens is 357 g/mol. The van der Waals surface area contributed by atoms with Gasteiger partial charge < -0.3 is 5.32 Å². The third-order valence-corrected chi connectivity index (χ3v) is 4.05. The highest BCUT2D eigenvalue weighted by Crippen LogP contribution is 2.45. The Labute approximate surface area is 129 Å². The fraction of sp³-hybridized carbons (Fsp3) is 0.571. The van der Waals surface area contributed by atoms with Crippen LogP contribution in [0, 0.1) is 13.8 Å². The van der Waals surface area contributed by atoms with Crippen molar-refractivity contribution in [3.8, 4) is 0 Å². The van der Waals surface area contributed by atoms with Gasteiger partial charge >= 0.3 is 12.1 Å². The van der Waals surface area contributed by atoms with E-state index in [-0.39, 0.29) is 12.1 Å². The van der Waals surface area contributed by atoms with E-state index in [1.165, 1.54) is 13.0 Å². The van der Waals surface area contributed by atoms with Gasteiger partial charge in [0.25, 0.3) is 0 Å². The second-order valence-electron chi connectivity index (χ2n) is 4.97. The van der Waals surface area contributed by atoms with Crippen LogP contribution in [0.2, 0.25) is 0 Å². The number of benzene rings is 1. The Morgan fingerprint density at radius 1 is 1.10 bits per heavy atom. The number of aryl methyl sites for hydroxylation is 2. The van der Waals surface area contributed by atoms with Crippen molar-refractivity contribution in [2.45, 2.75) is 45.3 Å². The average molecular weight is 374 g/mol. The molecule has 1 atom stereocenters. The molecule has 1 unspecified atom stereocenters. The molecule has 1 nitrogen and oxygen atoms in total. The first kappa shape index (κ1) is 18.4. The lowest BCUT2D eigenvalue weighted by atomic mass is 9.94. The molecule has 0 spiro atoms. The van der Waals surface area contributed by atoms with E-state index in [0.717, 1.165) is 0 Å². The number of nitrogens with one attached hydrogen (secondary N) is 1. The molecule has 0 aliphatic carbocycles. The monoisotopic (exact) mass is 373 g/mol. The fourth-order valence-corrected chi connectivity index (χ4v) is 2.46. The summed E-state index contributed by atoms with van der Waals surface area (Å²) in [6.45, 7) is 4.95. The van der Waals surface area contributed by atoms with E-state index in [0.29, 0.717) is 22.0 Å². The first-order valence-corrected chi connectivity index (χ1v) is 7.26. The van der Waals surface area contributed by atoms with Crippen molar-refractivity contribution in [3.05, 3.63) is 33.3 Å². The number of hydrogen-bond acceptors (Lipinski definition) is 1. The topological polar surface area (TPSA) is 12.0 Å². The standard InChI is InChI=1S/C14H17BrF5N/c1-4-5-21-12(13(16,17)14(18,19)20)10-6-9(3)11(15)7-8(10)2/h6-7,12,21H,4-5H2,1-3H3. The Kier molecular flexibility index (Phi) is 5.77.